The zero-order valence-electron chi connectivity index (χ0n) is 7.60. The molecule has 0 radical (unpaired) electrons. The van der Waals surface area contributed by atoms with Gasteiger partial charge >= 0.3 is 0 Å². The summed E-state index contributed by atoms with van der Waals surface area (Å²) in [5, 5.41) is 3.77. The first kappa shape index (κ1) is 8.62. The maximum atomic E-state index is 10.5. The third-order valence-electron chi connectivity index (χ3n) is 2.00. The average molecular weight is 188 g/mol. The maximum absolute atomic E-state index is 10.5. The van der Waals surface area contributed by atoms with Crippen molar-refractivity contribution in [3.8, 4) is 5.75 Å². The first-order valence-corrected chi connectivity index (χ1v) is 4.11. The Morgan fingerprint density at radius 1 is 1.43 bits per heavy atom. The van der Waals surface area contributed by atoms with Crippen LogP contribution in [-0.2, 0) is 0 Å². The van der Waals surface area contributed by atoms with E-state index in [0.717, 1.165) is 10.9 Å². The smallest absolute Gasteiger partial charge is 0.150 e. The summed E-state index contributed by atoms with van der Waals surface area (Å²) in [6.07, 6.45) is 1.69. The second-order valence-corrected chi connectivity index (χ2v) is 2.81. The van der Waals surface area contributed by atoms with Gasteiger partial charge in [0.2, 0.25) is 0 Å². The molecule has 0 saturated heterocycles. The van der Waals surface area contributed by atoms with E-state index in [1.807, 2.05) is 12.1 Å². The van der Waals surface area contributed by atoms with E-state index in [0.29, 0.717) is 11.4 Å². The molecule has 0 aliphatic heterocycles. The van der Waals surface area contributed by atoms with Crippen LogP contribution in [0, 0.1) is 4.91 Å². The molecule has 1 aromatic carbocycles. The van der Waals surface area contributed by atoms with Crippen molar-refractivity contribution in [2.24, 2.45) is 5.18 Å². The fourth-order valence-corrected chi connectivity index (χ4v) is 1.32. The Morgan fingerprint density at radius 3 is 3.00 bits per heavy atom. The fourth-order valence-electron chi connectivity index (χ4n) is 1.32. The molecule has 0 aliphatic carbocycles. The Kier molecular flexibility index (Phi) is 2.10. The molecule has 4 nitrogen and oxygen atoms in total. The van der Waals surface area contributed by atoms with Gasteiger partial charge in [-0.05, 0) is 17.3 Å². The molecule has 0 fully saturated rings. The molecule has 1 aromatic heterocycles. The number of rotatable bonds is 2. The normalized spacial score (nSPS) is 10.1. The van der Waals surface area contributed by atoms with Crippen LogP contribution in [0.2, 0.25) is 0 Å². The van der Waals surface area contributed by atoms with Crippen molar-refractivity contribution in [3.63, 3.8) is 0 Å². The Hall–Kier alpha value is -1.97. The van der Waals surface area contributed by atoms with Gasteiger partial charge in [0.25, 0.3) is 0 Å². The molecule has 2 aromatic rings. The summed E-state index contributed by atoms with van der Waals surface area (Å²) in [7, 11) is 1.50. The van der Waals surface area contributed by atoms with E-state index < -0.39 is 0 Å². The summed E-state index contributed by atoms with van der Waals surface area (Å²) < 4.78 is 5.01. The molecule has 0 bridgehead atoms. The molecular formula is C10H8N2O2. The van der Waals surface area contributed by atoms with E-state index in [9.17, 15) is 4.91 Å². The average Bonchev–Trinajstić information content (AvgIpc) is 2.27. The highest BCUT2D eigenvalue weighted by atomic mass is 16.5. The third kappa shape index (κ3) is 1.31. The van der Waals surface area contributed by atoms with Crippen molar-refractivity contribution in [2.45, 2.75) is 0 Å². The monoisotopic (exact) mass is 188 g/mol. The van der Waals surface area contributed by atoms with Gasteiger partial charge < -0.3 is 4.74 Å². The highest BCUT2D eigenvalue weighted by Gasteiger charge is 2.05. The maximum Gasteiger partial charge on any atom is 0.150 e. The second-order valence-electron chi connectivity index (χ2n) is 2.81. The van der Waals surface area contributed by atoms with E-state index in [-0.39, 0.29) is 0 Å². The highest BCUT2D eigenvalue weighted by molar-refractivity contribution is 5.84. The molecule has 0 atom stereocenters. The van der Waals surface area contributed by atoms with Crippen LogP contribution in [0.3, 0.4) is 0 Å². The quantitative estimate of drug-likeness (QED) is 0.680. The topological polar surface area (TPSA) is 51.6 Å². The molecule has 0 amide bonds. The van der Waals surface area contributed by atoms with Gasteiger partial charge in [0.1, 0.15) is 5.75 Å². The summed E-state index contributed by atoms with van der Waals surface area (Å²) in [5.74, 6) is 0.450. The van der Waals surface area contributed by atoms with Crippen LogP contribution >= 0.6 is 0 Å². The van der Waals surface area contributed by atoms with Gasteiger partial charge in [0.05, 0.1) is 12.6 Å². The number of nitroso groups, excluding NO2 is 1. The van der Waals surface area contributed by atoms with E-state index in [1.54, 1.807) is 18.3 Å². The number of benzene rings is 1. The number of ether oxygens (including phenoxy) is 1. The third-order valence-corrected chi connectivity index (χ3v) is 2.00. The predicted octanol–water partition coefficient (Wildman–Crippen LogP) is 2.64. The Bertz CT molecular complexity index is 483. The van der Waals surface area contributed by atoms with Crippen LogP contribution in [0.25, 0.3) is 10.9 Å². The summed E-state index contributed by atoms with van der Waals surface area (Å²) in [6, 6.07) is 7.04. The molecule has 1 heterocycles. The first-order chi connectivity index (χ1) is 6.85. The molecular weight excluding hydrogens is 180 g/mol. The van der Waals surface area contributed by atoms with Gasteiger partial charge in [-0.15, -0.1) is 4.91 Å². The van der Waals surface area contributed by atoms with E-state index in [2.05, 4.69) is 10.2 Å². The standard InChI is InChI=1S/C10H8N2O2/c1-14-10-6-8-7(3-2-4-11-8)5-9(10)12-13/h2-6H,1H3. The number of nitrogens with zero attached hydrogens (tertiary/aromatic N) is 2. The second kappa shape index (κ2) is 3.41. The molecule has 0 unspecified atom stereocenters. The van der Waals surface area contributed by atoms with E-state index in [4.69, 9.17) is 4.74 Å². The van der Waals surface area contributed by atoms with Crippen LogP contribution < -0.4 is 4.74 Å². The lowest BCUT2D eigenvalue weighted by Gasteiger charge is -2.03. The van der Waals surface area contributed by atoms with E-state index in [1.165, 1.54) is 7.11 Å². The molecule has 2 rings (SSSR count). The van der Waals surface area contributed by atoms with Crippen LogP contribution in [-0.4, -0.2) is 12.1 Å². The lowest BCUT2D eigenvalue weighted by Crippen LogP contribution is -1.85. The molecule has 0 spiro atoms. The molecule has 0 saturated carbocycles. The number of pyridine rings is 1. The zero-order chi connectivity index (χ0) is 9.97. The van der Waals surface area contributed by atoms with Crippen molar-refractivity contribution in [3.05, 3.63) is 35.4 Å². The predicted molar refractivity (Wildman–Crippen MR) is 53.8 cm³/mol. The number of methoxy groups -OCH3 is 1. The van der Waals surface area contributed by atoms with Crippen molar-refractivity contribution < 1.29 is 4.74 Å². The van der Waals surface area contributed by atoms with Gasteiger partial charge in [-0.1, -0.05) is 6.07 Å². The van der Waals surface area contributed by atoms with Crippen molar-refractivity contribution >= 4 is 16.6 Å². The minimum atomic E-state index is 0.299. The zero-order valence-corrected chi connectivity index (χ0v) is 7.60. The van der Waals surface area contributed by atoms with Crippen LogP contribution in [0.1, 0.15) is 0 Å². The summed E-state index contributed by atoms with van der Waals surface area (Å²) in [5.41, 5.74) is 1.09. The minimum Gasteiger partial charge on any atom is -0.494 e. The molecule has 70 valence electrons. The SMILES string of the molecule is COc1cc2ncccc2cc1N=O. The summed E-state index contributed by atoms with van der Waals surface area (Å²) >= 11 is 0. The largest absolute Gasteiger partial charge is 0.494 e. The molecule has 0 N–H and O–H groups in total. The Morgan fingerprint density at radius 2 is 2.29 bits per heavy atom. The lowest BCUT2D eigenvalue weighted by atomic mass is 10.2. The van der Waals surface area contributed by atoms with Crippen molar-refractivity contribution in [1.29, 1.82) is 0 Å². The molecule has 0 aliphatic rings. The Balaban J connectivity index is 2.75. The Labute approximate surface area is 80.5 Å². The van der Waals surface area contributed by atoms with E-state index >= 15 is 0 Å². The highest BCUT2D eigenvalue weighted by Crippen LogP contribution is 2.31. The van der Waals surface area contributed by atoms with Crippen LogP contribution in [0.5, 0.6) is 5.75 Å². The number of hydrogen-bond donors (Lipinski definition) is 0. The van der Waals surface area contributed by atoms with Gasteiger partial charge in [0.15, 0.2) is 5.69 Å². The minimum absolute atomic E-state index is 0.299. The van der Waals surface area contributed by atoms with Crippen LogP contribution in [0.15, 0.2) is 35.6 Å². The summed E-state index contributed by atoms with van der Waals surface area (Å²) in [6.45, 7) is 0. The number of aromatic nitrogens is 1. The fraction of sp³-hybridized carbons (Fsp3) is 0.100. The first-order valence-electron chi connectivity index (χ1n) is 4.11. The van der Waals surface area contributed by atoms with Crippen LogP contribution in [0.4, 0.5) is 5.69 Å². The van der Waals surface area contributed by atoms with Gasteiger partial charge in [-0.25, -0.2) is 0 Å². The van der Waals surface area contributed by atoms with Crippen molar-refractivity contribution in [2.75, 3.05) is 7.11 Å². The van der Waals surface area contributed by atoms with Gasteiger partial charge in [-0.2, -0.15) is 0 Å². The van der Waals surface area contributed by atoms with Gasteiger partial charge in [0, 0.05) is 17.6 Å². The van der Waals surface area contributed by atoms with Crippen molar-refractivity contribution in [1.82, 2.24) is 4.98 Å². The molecule has 14 heavy (non-hydrogen) atoms. The lowest BCUT2D eigenvalue weighted by molar-refractivity contribution is 0.416. The number of hydrogen-bond acceptors (Lipinski definition) is 4. The molecule has 4 heteroatoms. The van der Waals surface area contributed by atoms with Gasteiger partial charge in [-0.3, -0.25) is 4.98 Å². The number of fused-ring (bicyclic) bond motifs is 1. The summed E-state index contributed by atoms with van der Waals surface area (Å²) in [4.78, 5) is 14.6.